The zero-order valence-electron chi connectivity index (χ0n) is 19.8. The number of carbonyl (C=O) groups is 1. The van der Waals surface area contributed by atoms with Gasteiger partial charge < -0.3 is 9.84 Å². The first kappa shape index (κ1) is 22.9. The summed E-state index contributed by atoms with van der Waals surface area (Å²) < 4.78 is 6.15. The van der Waals surface area contributed by atoms with Crippen LogP contribution in [0.15, 0.2) is 60.2 Å². The van der Waals surface area contributed by atoms with Gasteiger partial charge in [-0.3, -0.25) is 9.69 Å². The summed E-state index contributed by atoms with van der Waals surface area (Å²) in [6, 6.07) is 19.0. The van der Waals surface area contributed by atoms with Gasteiger partial charge in [-0.05, 0) is 86.2 Å². The lowest BCUT2D eigenvalue weighted by Gasteiger charge is -2.22. The van der Waals surface area contributed by atoms with Crippen molar-refractivity contribution in [3.8, 4) is 16.9 Å². The molecule has 1 aromatic heterocycles. The Labute approximate surface area is 205 Å². The van der Waals surface area contributed by atoms with Crippen LogP contribution in [0.25, 0.3) is 17.2 Å². The van der Waals surface area contributed by atoms with Gasteiger partial charge in [-0.2, -0.15) is 0 Å². The maximum Gasteiger partial charge on any atom is 0.310 e. The van der Waals surface area contributed by atoms with Crippen LogP contribution in [0.2, 0.25) is 0 Å². The van der Waals surface area contributed by atoms with Gasteiger partial charge in [0.15, 0.2) is 0 Å². The second-order valence-electron chi connectivity index (χ2n) is 9.86. The number of aliphatic carboxylic acids is 1. The van der Waals surface area contributed by atoms with Crippen LogP contribution in [0.5, 0.6) is 5.75 Å². The van der Waals surface area contributed by atoms with Crippen LogP contribution in [0.4, 0.5) is 0 Å². The third kappa shape index (κ3) is 4.82. The number of carboxylic acid groups (broad SMARTS) is 1. The Kier molecular flexibility index (Phi) is 6.32. The van der Waals surface area contributed by atoms with Crippen LogP contribution in [0.1, 0.15) is 40.6 Å². The molecule has 34 heavy (non-hydrogen) atoms. The number of ether oxygens (including phenoxy) is 1. The molecule has 5 rings (SSSR count). The smallest absolute Gasteiger partial charge is 0.310 e. The number of hydrogen-bond acceptors (Lipinski definition) is 4. The van der Waals surface area contributed by atoms with E-state index in [1.54, 1.807) is 0 Å². The monoisotopic (exact) mass is 473 g/mol. The Balaban J connectivity index is 1.21. The minimum absolute atomic E-state index is 0.577. The van der Waals surface area contributed by atoms with E-state index >= 15 is 0 Å². The second kappa shape index (κ2) is 9.40. The molecule has 1 saturated heterocycles. The molecule has 1 N–H and O–H groups in total. The molecule has 176 valence electrons. The fourth-order valence-corrected chi connectivity index (χ4v) is 6.16. The first-order valence-electron chi connectivity index (χ1n) is 12.0. The summed E-state index contributed by atoms with van der Waals surface area (Å²) in [7, 11) is 0. The molecular formula is C29H31NO3S. The fraction of sp³-hybridized carbons (Fsp3) is 0.345. The van der Waals surface area contributed by atoms with Gasteiger partial charge in [0, 0.05) is 22.8 Å². The van der Waals surface area contributed by atoms with Crippen molar-refractivity contribution in [3.05, 3.63) is 81.1 Å². The first-order valence-corrected chi connectivity index (χ1v) is 12.8. The van der Waals surface area contributed by atoms with Gasteiger partial charge in [0.25, 0.3) is 0 Å². The van der Waals surface area contributed by atoms with Crippen LogP contribution in [0, 0.1) is 12.3 Å². The average molecular weight is 474 g/mol. The van der Waals surface area contributed by atoms with Crippen molar-refractivity contribution >= 4 is 23.4 Å². The average Bonchev–Trinajstić information content (AvgIpc) is 3.42. The highest BCUT2D eigenvalue weighted by molar-refractivity contribution is 7.13. The molecule has 0 radical (unpaired) electrons. The minimum Gasteiger partial charge on any atom is -0.488 e. The van der Waals surface area contributed by atoms with Crippen molar-refractivity contribution in [1.82, 2.24) is 4.90 Å². The minimum atomic E-state index is -0.678. The Morgan fingerprint density at radius 1 is 1.15 bits per heavy atom. The Morgan fingerprint density at radius 2 is 1.97 bits per heavy atom. The van der Waals surface area contributed by atoms with E-state index in [-0.39, 0.29) is 0 Å². The van der Waals surface area contributed by atoms with E-state index in [1.165, 1.54) is 37.6 Å². The lowest BCUT2D eigenvalue weighted by molar-refractivity contribution is -0.147. The molecule has 1 atom stereocenters. The maximum absolute atomic E-state index is 11.5. The van der Waals surface area contributed by atoms with Crippen LogP contribution in [-0.2, 0) is 17.8 Å². The lowest BCUT2D eigenvalue weighted by atomic mass is 9.90. The number of benzene rings is 2. The third-order valence-corrected chi connectivity index (χ3v) is 8.20. The topological polar surface area (TPSA) is 49.8 Å². The standard InChI is InChI=1S/C29H31NO3S/c1-20-14-24(10-11-26(20)22-6-4-3-5-7-22)33-18-25-16-23-9-8-21(15-27(23)34-25)17-30-13-12-29(2,19-30)28(31)32/h3-7,10-11,14-16H,8-9,12-13,17-19H2,1-2H3,(H,31,32). The SMILES string of the molecule is Cc1cc(OCc2cc3c(s2)C=C(CN2CCC(C)(C(=O)O)C2)CC3)ccc1-c1ccccc1. The molecule has 2 heterocycles. The molecule has 3 aromatic rings. The number of thiophene rings is 1. The number of likely N-dealkylation sites (tertiary alicyclic amines) is 1. The van der Waals surface area contributed by atoms with Crippen LogP contribution < -0.4 is 4.74 Å². The normalized spacial score (nSPS) is 20.1. The molecule has 1 fully saturated rings. The largest absolute Gasteiger partial charge is 0.488 e. The quantitative estimate of drug-likeness (QED) is 0.430. The predicted molar refractivity (Wildman–Crippen MR) is 138 cm³/mol. The van der Waals surface area contributed by atoms with Crippen molar-refractivity contribution in [2.24, 2.45) is 5.41 Å². The zero-order valence-corrected chi connectivity index (χ0v) is 20.7. The zero-order chi connectivity index (χ0) is 23.7. The van der Waals surface area contributed by atoms with Crippen molar-refractivity contribution in [1.29, 1.82) is 0 Å². The van der Waals surface area contributed by atoms with E-state index < -0.39 is 11.4 Å². The van der Waals surface area contributed by atoms with Crippen LogP contribution in [-0.4, -0.2) is 35.6 Å². The molecule has 0 amide bonds. The molecule has 1 unspecified atom stereocenters. The van der Waals surface area contributed by atoms with Crippen molar-refractivity contribution in [3.63, 3.8) is 0 Å². The second-order valence-corrected chi connectivity index (χ2v) is 11.0. The van der Waals surface area contributed by atoms with E-state index in [0.717, 1.165) is 38.1 Å². The van der Waals surface area contributed by atoms with E-state index in [1.807, 2.05) is 24.3 Å². The van der Waals surface area contributed by atoms with Gasteiger partial charge in [-0.25, -0.2) is 0 Å². The summed E-state index contributed by atoms with van der Waals surface area (Å²) in [6.07, 6.45) is 5.15. The highest BCUT2D eigenvalue weighted by Gasteiger charge is 2.40. The van der Waals surface area contributed by atoms with Gasteiger partial charge in [-0.15, -0.1) is 11.3 Å². The summed E-state index contributed by atoms with van der Waals surface area (Å²) in [5.74, 6) is 0.220. The molecular weight excluding hydrogens is 442 g/mol. The van der Waals surface area contributed by atoms with Crippen LogP contribution >= 0.6 is 11.3 Å². The number of aryl methyl sites for hydroxylation is 2. The van der Waals surface area contributed by atoms with Gasteiger partial charge in [-0.1, -0.05) is 42.0 Å². The van der Waals surface area contributed by atoms with E-state index in [4.69, 9.17) is 4.74 Å². The summed E-state index contributed by atoms with van der Waals surface area (Å²) in [5.41, 5.74) is 5.87. The highest BCUT2D eigenvalue weighted by atomic mass is 32.1. The highest BCUT2D eigenvalue weighted by Crippen LogP contribution is 2.35. The van der Waals surface area contributed by atoms with Gasteiger partial charge in [0.1, 0.15) is 12.4 Å². The number of carboxylic acids is 1. The Morgan fingerprint density at radius 3 is 2.71 bits per heavy atom. The molecule has 5 heteroatoms. The summed E-state index contributed by atoms with van der Waals surface area (Å²) in [6.45, 7) is 6.94. The molecule has 0 spiro atoms. The molecule has 1 aliphatic heterocycles. The molecule has 0 saturated carbocycles. The number of rotatable bonds is 7. The number of hydrogen-bond donors (Lipinski definition) is 1. The number of nitrogens with zero attached hydrogens (tertiary/aromatic N) is 1. The number of fused-ring (bicyclic) bond motifs is 1. The molecule has 4 nitrogen and oxygen atoms in total. The van der Waals surface area contributed by atoms with Crippen molar-refractivity contribution in [2.75, 3.05) is 19.6 Å². The summed E-state index contributed by atoms with van der Waals surface area (Å²) in [4.78, 5) is 16.4. The molecule has 0 bridgehead atoms. The van der Waals surface area contributed by atoms with E-state index in [0.29, 0.717) is 13.2 Å². The van der Waals surface area contributed by atoms with E-state index in [9.17, 15) is 9.90 Å². The summed E-state index contributed by atoms with van der Waals surface area (Å²) >= 11 is 1.81. The van der Waals surface area contributed by atoms with Gasteiger partial charge in [0.2, 0.25) is 0 Å². The van der Waals surface area contributed by atoms with E-state index in [2.05, 4.69) is 66.4 Å². The fourth-order valence-electron chi connectivity index (χ4n) is 5.04. The van der Waals surface area contributed by atoms with Gasteiger partial charge >= 0.3 is 5.97 Å². The first-order chi connectivity index (χ1) is 16.4. The molecule has 2 aliphatic rings. The van der Waals surface area contributed by atoms with Crippen LogP contribution in [0.3, 0.4) is 0 Å². The third-order valence-electron chi connectivity index (χ3n) is 7.10. The Bertz CT molecular complexity index is 1230. The predicted octanol–water partition coefficient (Wildman–Crippen LogP) is 6.43. The van der Waals surface area contributed by atoms with Crippen molar-refractivity contribution < 1.29 is 14.6 Å². The Hall–Kier alpha value is -2.89. The molecule has 2 aromatic carbocycles. The molecule has 1 aliphatic carbocycles. The van der Waals surface area contributed by atoms with Crippen molar-refractivity contribution in [2.45, 2.75) is 39.7 Å². The maximum atomic E-state index is 11.5. The van der Waals surface area contributed by atoms with Gasteiger partial charge in [0.05, 0.1) is 5.41 Å². The lowest BCUT2D eigenvalue weighted by Crippen LogP contribution is -2.32. The summed E-state index contributed by atoms with van der Waals surface area (Å²) in [5, 5.41) is 9.49.